The maximum Gasteiger partial charge on any atom is 0.234 e. The first-order valence-corrected chi connectivity index (χ1v) is 13.6. The Labute approximate surface area is 213 Å². The summed E-state index contributed by atoms with van der Waals surface area (Å²) in [7, 11) is 0. The van der Waals surface area contributed by atoms with Crippen molar-refractivity contribution in [1.82, 2.24) is 9.88 Å². The Morgan fingerprint density at radius 2 is 1.77 bits per heavy atom. The SMILES string of the molecule is CC.O=C(N1CCCC(COc2ccccc2)C1)C1(c2cnc(-c3ccccc3)s2)CCOCC1. The Bertz CT molecular complexity index is 1050. The van der Waals surface area contributed by atoms with E-state index in [1.165, 1.54) is 0 Å². The number of nitrogens with zero attached hydrogens (tertiary/aromatic N) is 2. The lowest BCUT2D eigenvalue weighted by molar-refractivity contribution is -0.143. The van der Waals surface area contributed by atoms with Gasteiger partial charge in [0.25, 0.3) is 0 Å². The highest BCUT2D eigenvalue weighted by atomic mass is 32.1. The van der Waals surface area contributed by atoms with Crippen molar-refractivity contribution >= 4 is 17.2 Å². The smallest absolute Gasteiger partial charge is 0.234 e. The Kier molecular flexibility index (Phi) is 8.94. The van der Waals surface area contributed by atoms with Crippen LogP contribution in [-0.4, -0.2) is 48.7 Å². The third-order valence-electron chi connectivity index (χ3n) is 6.79. The van der Waals surface area contributed by atoms with Crippen LogP contribution in [0.2, 0.25) is 0 Å². The molecule has 186 valence electrons. The number of benzene rings is 2. The second-order valence-electron chi connectivity index (χ2n) is 8.97. The molecule has 0 radical (unpaired) electrons. The highest BCUT2D eigenvalue weighted by molar-refractivity contribution is 7.15. The lowest BCUT2D eigenvalue weighted by Gasteiger charge is -2.41. The number of ether oxygens (including phenoxy) is 2. The number of carbonyl (C=O) groups is 1. The predicted octanol–water partition coefficient (Wildman–Crippen LogP) is 6.20. The molecular weight excluding hydrogens is 456 g/mol. The molecule has 0 spiro atoms. The fourth-order valence-corrected chi connectivity index (χ4v) is 6.07. The van der Waals surface area contributed by atoms with Gasteiger partial charge >= 0.3 is 0 Å². The predicted molar refractivity (Wildman–Crippen MR) is 142 cm³/mol. The third-order valence-corrected chi connectivity index (χ3v) is 8.04. The molecule has 0 aliphatic carbocycles. The summed E-state index contributed by atoms with van der Waals surface area (Å²) in [6.07, 6.45) is 5.45. The first-order chi connectivity index (χ1) is 17.2. The molecule has 1 aromatic heterocycles. The summed E-state index contributed by atoms with van der Waals surface area (Å²) < 4.78 is 11.7. The number of hydrogen-bond acceptors (Lipinski definition) is 5. The van der Waals surface area contributed by atoms with E-state index in [0.717, 1.165) is 47.1 Å². The first kappa shape index (κ1) is 25.4. The number of aromatic nitrogens is 1. The quantitative estimate of drug-likeness (QED) is 0.411. The summed E-state index contributed by atoms with van der Waals surface area (Å²) in [6.45, 7) is 7.42. The zero-order valence-corrected chi connectivity index (χ0v) is 21.6. The van der Waals surface area contributed by atoms with E-state index in [9.17, 15) is 4.79 Å². The zero-order chi connectivity index (χ0) is 24.5. The second-order valence-corrected chi connectivity index (χ2v) is 10.0. The number of thiazole rings is 1. The van der Waals surface area contributed by atoms with E-state index in [4.69, 9.17) is 14.5 Å². The number of rotatable bonds is 6. The van der Waals surface area contributed by atoms with Gasteiger partial charge in [0.05, 0.1) is 12.0 Å². The van der Waals surface area contributed by atoms with Gasteiger partial charge in [-0.25, -0.2) is 4.98 Å². The van der Waals surface area contributed by atoms with Gasteiger partial charge in [0.2, 0.25) is 5.91 Å². The number of likely N-dealkylation sites (tertiary alicyclic amines) is 1. The van der Waals surface area contributed by atoms with Crippen LogP contribution in [0.15, 0.2) is 66.9 Å². The van der Waals surface area contributed by atoms with Crippen LogP contribution in [-0.2, 0) is 14.9 Å². The van der Waals surface area contributed by atoms with E-state index in [2.05, 4.69) is 17.0 Å². The molecule has 1 unspecified atom stereocenters. The van der Waals surface area contributed by atoms with E-state index >= 15 is 0 Å². The molecule has 2 aromatic carbocycles. The fourth-order valence-electron chi connectivity index (χ4n) is 4.91. The van der Waals surface area contributed by atoms with Crippen molar-refractivity contribution in [2.45, 2.75) is 44.9 Å². The number of piperidine rings is 1. The van der Waals surface area contributed by atoms with Crippen molar-refractivity contribution in [3.63, 3.8) is 0 Å². The molecule has 35 heavy (non-hydrogen) atoms. The Morgan fingerprint density at radius 1 is 1.09 bits per heavy atom. The largest absolute Gasteiger partial charge is 0.493 e. The molecule has 5 nitrogen and oxygen atoms in total. The number of para-hydroxylation sites is 1. The average Bonchev–Trinajstić information content (AvgIpc) is 3.45. The van der Waals surface area contributed by atoms with Crippen molar-refractivity contribution < 1.29 is 14.3 Å². The normalized spacial score (nSPS) is 19.4. The van der Waals surface area contributed by atoms with Crippen LogP contribution >= 0.6 is 11.3 Å². The number of amides is 1. The molecule has 3 heterocycles. The second kappa shape index (κ2) is 12.3. The van der Waals surface area contributed by atoms with E-state index in [1.54, 1.807) is 11.3 Å². The molecule has 0 bridgehead atoms. The Balaban J connectivity index is 0.00000141. The minimum absolute atomic E-state index is 0.235. The van der Waals surface area contributed by atoms with E-state index < -0.39 is 5.41 Å². The zero-order valence-electron chi connectivity index (χ0n) is 20.8. The van der Waals surface area contributed by atoms with Gasteiger partial charge in [-0.05, 0) is 37.8 Å². The van der Waals surface area contributed by atoms with Gasteiger partial charge in [-0.2, -0.15) is 0 Å². The molecule has 5 rings (SSSR count). The maximum atomic E-state index is 14.0. The summed E-state index contributed by atoms with van der Waals surface area (Å²) in [4.78, 5) is 21.9. The fraction of sp³-hybridized carbons (Fsp3) is 0.448. The van der Waals surface area contributed by atoms with Crippen molar-refractivity contribution in [2.75, 3.05) is 32.9 Å². The number of hydrogen-bond donors (Lipinski definition) is 0. The van der Waals surface area contributed by atoms with Gasteiger partial charge in [-0.1, -0.05) is 62.4 Å². The molecule has 1 amide bonds. The summed E-state index contributed by atoms with van der Waals surface area (Å²) in [5, 5.41) is 0.969. The van der Waals surface area contributed by atoms with Crippen molar-refractivity contribution in [3.05, 3.63) is 71.7 Å². The van der Waals surface area contributed by atoms with Gasteiger partial charge in [0.1, 0.15) is 10.8 Å². The maximum absolute atomic E-state index is 14.0. The summed E-state index contributed by atoms with van der Waals surface area (Å²) in [5.41, 5.74) is 0.560. The molecule has 2 aliphatic heterocycles. The van der Waals surface area contributed by atoms with Gasteiger partial charge in [0.15, 0.2) is 0 Å². The molecule has 2 fully saturated rings. The van der Waals surface area contributed by atoms with Gasteiger partial charge < -0.3 is 14.4 Å². The molecule has 6 heteroatoms. The molecule has 2 aliphatic rings. The van der Waals surface area contributed by atoms with Crippen LogP contribution in [0.3, 0.4) is 0 Å². The van der Waals surface area contributed by atoms with Crippen molar-refractivity contribution in [1.29, 1.82) is 0 Å². The highest BCUT2D eigenvalue weighted by Crippen LogP contribution is 2.42. The molecular formula is C29H36N2O3S. The van der Waals surface area contributed by atoms with Crippen molar-refractivity contribution in [2.24, 2.45) is 5.92 Å². The van der Waals surface area contributed by atoms with Crippen molar-refractivity contribution in [3.8, 4) is 16.3 Å². The van der Waals surface area contributed by atoms with Crippen LogP contribution in [0.5, 0.6) is 5.75 Å². The highest BCUT2D eigenvalue weighted by Gasteiger charge is 2.46. The number of carbonyl (C=O) groups excluding carboxylic acids is 1. The molecule has 0 saturated carbocycles. The van der Waals surface area contributed by atoms with Gasteiger partial charge in [0, 0.05) is 48.9 Å². The standard InChI is InChI=1S/C27H30N2O3S.C2H6/c30-26(29-15-7-8-21(19-29)20-32-23-11-5-2-6-12-23)27(13-16-31-17-14-27)24-18-28-25(33-24)22-9-3-1-4-10-22;1-2/h1-6,9-12,18,21H,7-8,13-17,19-20H2;1-2H3. The molecule has 2 saturated heterocycles. The van der Waals surface area contributed by atoms with Gasteiger partial charge in [-0.3, -0.25) is 4.79 Å². The summed E-state index contributed by atoms with van der Waals surface area (Å²) in [5.74, 6) is 1.47. The van der Waals surface area contributed by atoms with Crippen LogP contribution < -0.4 is 4.74 Å². The van der Waals surface area contributed by atoms with Crippen LogP contribution in [0, 0.1) is 5.92 Å². The molecule has 3 aromatic rings. The molecule has 1 atom stereocenters. The summed E-state index contributed by atoms with van der Waals surface area (Å²) in [6, 6.07) is 20.1. The minimum Gasteiger partial charge on any atom is -0.493 e. The van der Waals surface area contributed by atoms with E-state index in [0.29, 0.717) is 38.6 Å². The Hall–Kier alpha value is -2.70. The van der Waals surface area contributed by atoms with E-state index in [-0.39, 0.29) is 5.91 Å². The average molecular weight is 493 g/mol. The third kappa shape index (κ3) is 5.93. The minimum atomic E-state index is -0.537. The Morgan fingerprint density at radius 3 is 2.49 bits per heavy atom. The van der Waals surface area contributed by atoms with Gasteiger partial charge in [-0.15, -0.1) is 11.3 Å². The van der Waals surface area contributed by atoms with E-state index in [1.807, 2.05) is 68.6 Å². The monoisotopic (exact) mass is 492 g/mol. The lowest BCUT2D eigenvalue weighted by atomic mass is 9.77. The van der Waals surface area contributed by atoms with Crippen LogP contribution in [0.1, 0.15) is 44.4 Å². The topological polar surface area (TPSA) is 51.7 Å². The summed E-state index contributed by atoms with van der Waals surface area (Å²) >= 11 is 1.65. The van der Waals surface area contributed by atoms with Crippen LogP contribution in [0.25, 0.3) is 10.6 Å². The molecule has 0 N–H and O–H groups in total. The first-order valence-electron chi connectivity index (χ1n) is 12.8. The lowest BCUT2D eigenvalue weighted by Crippen LogP contribution is -2.52. The van der Waals surface area contributed by atoms with Crippen LogP contribution in [0.4, 0.5) is 0 Å².